The number of aromatic nitrogens is 1. The number of aldehydes is 1. The lowest BCUT2D eigenvalue weighted by atomic mass is 10.1. The van der Waals surface area contributed by atoms with Crippen LogP contribution in [-0.4, -0.2) is 11.4 Å². The highest BCUT2D eigenvalue weighted by atomic mass is 16.5. The number of rotatable bonds is 4. The summed E-state index contributed by atoms with van der Waals surface area (Å²) < 4.78 is 5.13. The van der Waals surface area contributed by atoms with E-state index in [2.05, 4.69) is 17.3 Å². The van der Waals surface area contributed by atoms with Gasteiger partial charge in [-0.3, -0.25) is 4.79 Å². The van der Waals surface area contributed by atoms with Crippen LogP contribution in [0.15, 0.2) is 34.9 Å². The molecule has 0 atom stereocenters. The molecule has 82 valence electrons. The average Bonchev–Trinajstić information content (AvgIpc) is 2.68. The highest BCUT2D eigenvalue weighted by Crippen LogP contribution is 2.13. The Balaban J connectivity index is 2.08. The quantitative estimate of drug-likeness (QED) is 0.736. The zero-order valence-electron chi connectivity index (χ0n) is 9.14. The van der Waals surface area contributed by atoms with E-state index < -0.39 is 0 Å². The van der Waals surface area contributed by atoms with Crippen LogP contribution in [0.5, 0.6) is 0 Å². The third-order valence-electron chi connectivity index (χ3n) is 2.58. The van der Waals surface area contributed by atoms with E-state index in [1.807, 2.05) is 18.2 Å². The fraction of sp³-hybridized carbons (Fsp3) is 0.231. The predicted molar refractivity (Wildman–Crippen MR) is 60.5 cm³/mol. The first-order valence-electron chi connectivity index (χ1n) is 5.25. The van der Waals surface area contributed by atoms with Crippen molar-refractivity contribution in [3.63, 3.8) is 0 Å². The molecule has 3 heteroatoms. The molecule has 0 unspecified atom stereocenters. The molecule has 0 fully saturated rings. The number of carbonyl (C=O) groups is 1. The number of carbonyl (C=O) groups excluding carboxylic acids is 1. The molecule has 3 nitrogen and oxygen atoms in total. The molecule has 0 aliphatic carbocycles. The molecule has 0 N–H and O–H groups in total. The van der Waals surface area contributed by atoms with Crippen molar-refractivity contribution in [1.29, 1.82) is 0 Å². The summed E-state index contributed by atoms with van der Waals surface area (Å²) in [5, 5.41) is 3.79. The molecule has 2 rings (SSSR count). The lowest BCUT2D eigenvalue weighted by molar-refractivity contribution is 0.112. The second-order valence-corrected chi connectivity index (χ2v) is 3.71. The van der Waals surface area contributed by atoms with Crippen molar-refractivity contribution in [3.8, 4) is 0 Å². The minimum Gasteiger partial charge on any atom is -0.360 e. The van der Waals surface area contributed by atoms with Crippen molar-refractivity contribution >= 4 is 6.29 Å². The normalized spacial score (nSPS) is 10.3. The van der Waals surface area contributed by atoms with Gasteiger partial charge in [-0.2, -0.15) is 0 Å². The van der Waals surface area contributed by atoms with Gasteiger partial charge in [0.05, 0.1) is 11.3 Å². The largest absolute Gasteiger partial charge is 0.360 e. The fourth-order valence-corrected chi connectivity index (χ4v) is 1.66. The second kappa shape index (κ2) is 4.75. The summed E-state index contributed by atoms with van der Waals surface area (Å²) >= 11 is 0. The van der Waals surface area contributed by atoms with Gasteiger partial charge in [0.25, 0.3) is 0 Å². The molecular weight excluding hydrogens is 202 g/mol. The Bertz CT molecular complexity index is 474. The number of hydrogen-bond donors (Lipinski definition) is 0. The Hall–Kier alpha value is -1.90. The van der Waals surface area contributed by atoms with Crippen LogP contribution in [0, 0.1) is 6.92 Å². The molecule has 0 amide bonds. The van der Waals surface area contributed by atoms with Gasteiger partial charge in [0, 0.05) is 6.42 Å². The van der Waals surface area contributed by atoms with Crippen molar-refractivity contribution in [2.75, 3.05) is 0 Å². The molecule has 1 heterocycles. The molecule has 0 aliphatic rings. The molecule has 1 aromatic heterocycles. The van der Waals surface area contributed by atoms with Crippen LogP contribution in [0.4, 0.5) is 0 Å². The van der Waals surface area contributed by atoms with Crippen molar-refractivity contribution < 1.29 is 9.32 Å². The predicted octanol–water partition coefficient (Wildman–Crippen LogP) is 2.58. The number of hydrogen-bond acceptors (Lipinski definition) is 3. The van der Waals surface area contributed by atoms with E-state index in [-0.39, 0.29) is 0 Å². The topological polar surface area (TPSA) is 43.1 Å². The van der Waals surface area contributed by atoms with Gasteiger partial charge in [-0.05, 0) is 18.9 Å². The summed E-state index contributed by atoms with van der Waals surface area (Å²) in [6, 6.07) is 10.1. The highest BCUT2D eigenvalue weighted by Gasteiger charge is 2.11. The smallest absolute Gasteiger partial charge is 0.155 e. The minimum atomic E-state index is 0.593. The summed E-state index contributed by atoms with van der Waals surface area (Å²) in [6.07, 6.45) is 2.38. The van der Waals surface area contributed by atoms with Crippen LogP contribution < -0.4 is 0 Å². The Morgan fingerprint density at radius 2 is 2.00 bits per heavy atom. The van der Waals surface area contributed by atoms with Gasteiger partial charge < -0.3 is 4.52 Å². The highest BCUT2D eigenvalue weighted by molar-refractivity contribution is 5.77. The number of aryl methyl sites for hydroxylation is 3. The second-order valence-electron chi connectivity index (χ2n) is 3.71. The zero-order valence-corrected chi connectivity index (χ0v) is 9.14. The van der Waals surface area contributed by atoms with Crippen LogP contribution in [0.1, 0.15) is 27.4 Å². The summed E-state index contributed by atoms with van der Waals surface area (Å²) in [5.74, 6) is 0.677. The van der Waals surface area contributed by atoms with E-state index in [1.165, 1.54) is 5.56 Å². The summed E-state index contributed by atoms with van der Waals surface area (Å²) in [4.78, 5) is 10.8. The van der Waals surface area contributed by atoms with Crippen LogP contribution in [-0.2, 0) is 12.8 Å². The molecule has 2 aromatic rings. The Morgan fingerprint density at radius 1 is 1.25 bits per heavy atom. The summed E-state index contributed by atoms with van der Waals surface area (Å²) in [7, 11) is 0. The summed E-state index contributed by atoms with van der Waals surface area (Å²) in [5.41, 5.74) is 2.49. The number of nitrogens with zero attached hydrogens (tertiary/aromatic N) is 1. The van der Waals surface area contributed by atoms with Gasteiger partial charge in [0.2, 0.25) is 0 Å². The maximum Gasteiger partial charge on any atom is 0.155 e. The number of benzene rings is 1. The Kier molecular flexibility index (Phi) is 3.15. The maximum absolute atomic E-state index is 10.8. The Labute approximate surface area is 94.1 Å². The Morgan fingerprint density at radius 3 is 2.69 bits per heavy atom. The van der Waals surface area contributed by atoms with Crippen LogP contribution in [0.3, 0.4) is 0 Å². The molecule has 0 spiro atoms. The van der Waals surface area contributed by atoms with Gasteiger partial charge in [-0.15, -0.1) is 0 Å². The van der Waals surface area contributed by atoms with E-state index in [0.717, 1.165) is 12.7 Å². The lowest BCUT2D eigenvalue weighted by Crippen LogP contribution is -1.93. The van der Waals surface area contributed by atoms with Crippen LogP contribution in [0.2, 0.25) is 0 Å². The fourth-order valence-electron chi connectivity index (χ4n) is 1.66. The third-order valence-corrected chi connectivity index (χ3v) is 2.58. The van der Waals surface area contributed by atoms with Crippen molar-refractivity contribution in [3.05, 3.63) is 52.9 Å². The molecule has 0 radical (unpaired) electrons. The van der Waals surface area contributed by atoms with Gasteiger partial charge in [0.15, 0.2) is 6.29 Å². The molecule has 0 saturated carbocycles. The standard InChI is InChI=1S/C13H13NO2/c1-10-12(9-15)13(16-14-10)8-7-11-5-3-2-4-6-11/h2-6,9H,7-8H2,1H3. The van der Waals surface area contributed by atoms with Crippen LogP contribution in [0.25, 0.3) is 0 Å². The van der Waals surface area contributed by atoms with E-state index >= 15 is 0 Å². The summed E-state index contributed by atoms with van der Waals surface area (Å²) in [6.45, 7) is 1.78. The van der Waals surface area contributed by atoms with E-state index in [9.17, 15) is 4.79 Å². The van der Waals surface area contributed by atoms with Crippen molar-refractivity contribution in [2.45, 2.75) is 19.8 Å². The lowest BCUT2D eigenvalue weighted by Gasteiger charge is -1.98. The molecule has 0 aliphatic heterocycles. The zero-order chi connectivity index (χ0) is 11.4. The van der Waals surface area contributed by atoms with Crippen LogP contribution >= 0.6 is 0 Å². The molecule has 1 aromatic carbocycles. The third kappa shape index (κ3) is 2.19. The molecular formula is C13H13NO2. The first kappa shape index (κ1) is 10.6. The monoisotopic (exact) mass is 215 g/mol. The van der Waals surface area contributed by atoms with E-state index in [4.69, 9.17) is 4.52 Å². The first-order valence-corrected chi connectivity index (χ1v) is 5.25. The minimum absolute atomic E-state index is 0.593. The molecule has 0 bridgehead atoms. The van der Waals surface area contributed by atoms with E-state index in [0.29, 0.717) is 23.4 Å². The van der Waals surface area contributed by atoms with Gasteiger partial charge in [-0.25, -0.2) is 0 Å². The molecule has 16 heavy (non-hydrogen) atoms. The molecule has 0 saturated heterocycles. The van der Waals surface area contributed by atoms with Gasteiger partial charge in [-0.1, -0.05) is 35.5 Å². The maximum atomic E-state index is 10.8. The van der Waals surface area contributed by atoms with Gasteiger partial charge >= 0.3 is 0 Å². The van der Waals surface area contributed by atoms with Crippen molar-refractivity contribution in [2.24, 2.45) is 0 Å². The van der Waals surface area contributed by atoms with Gasteiger partial charge in [0.1, 0.15) is 5.76 Å². The first-order chi connectivity index (χ1) is 7.81. The SMILES string of the molecule is Cc1noc(CCc2ccccc2)c1C=O. The van der Waals surface area contributed by atoms with E-state index in [1.54, 1.807) is 6.92 Å². The average molecular weight is 215 g/mol. The van der Waals surface area contributed by atoms with Crippen molar-refractivity contribution in [1.82, 2.24) is 5.16 Å².